The van der Waals surface area contributed by atoms with Crippen LogP contribution in [0, 0.1) is 23.0 Å². The van der Waals surface area contributed by atoms with Gasteiger partial charge in [-0.3, -0.25) is 14.9 Å². The van der Waals surface area contributed by atoms with Crippen LogP contribution in [0.2, 0.25) is 0 Å². The monoisotopic (exact) mass is 480 g/mol. The number of ether oxygens (including phenoxy) is 1. The summed E-state index contributed by atoms with van der Waals surface area (Å²) in [5.74, 6) is -1.57. The van der Waals surface area contributed by atoms with Crippen molar-refractivity contribution in [3.8, 4) is 17.3 Å². The average molecular weight is 481 g/mol. The number of anilines is 1. The van der Waals surface area contributed by atoms with Crippen molar-refractivity contribution in [3.05, 3.63) is 71.3 Å². The number of nitriles is 1. The van der Waals surface area contributed by atoms with E-state index < -0.39 is 17.7 Å². The molecule has 182 valence electrons. The molecule has 2 atom stereocenters. The molecular formula is C25H26F2N6O2. The van der Waals surface area contributed by atoms with Crippen LogP contribution in [-0.2, 0) is 11.8 Å². The Kier molecular flexibility index (Phi) is 7.39. The van der Waals surface area contributed by atoms with Crippen LogP contribution in [0.4, 0.5) is 19.4 Å². The molecule has 10 heteroatoms. The number of rotatable bonds is 7. The lowest BCUT2D eigenvalue weighted by Gasteiger charge is -2.20. The van der Waals surface area contributed by atoms with Crippen molar-refractivity contribution in [2.75, 3.05) is 38.7 Å². The summed E-state index contributed by atoms with van der Waals surface area (Å²) in [5.41, 5.74) is 2.51. The quantitative estimate of drug-likeness (QED) is 0.540. The van der Waals surface area contributed by atoms with Gasteiger partial charge in [0.2, 0.25) is 0 Å². The molecule has 1 aliphatic rings. The fourth-order valence-electron chi connectivity index (χ4n) is 4.31. The maximum absolute atomic E-state index is 13.9. The molecule has 35 heavy (non-hydrogen) atoms. The number of likely N-dealkylation sites (tertiary alicyclic amines) is 1. The lowest BCUT2D eigenvalue weighted by molar-refractivity contribution is 0.159. The summed E-state index contributed by atoms with van der Waals surface area (Å²) >= 11 is 0. The Hall–Kier alpha value is -3.81. The molecule has 3 aromatic rings. The van der Waals surface area contributed by atoms with Crippen molar-refractivity contribution < 1.29 is 18.3 Å². The van der Waals surface area contributed by atoms with Crippen molar-refractivity contribution in [3.63, 3.8) is 0 Å². The largest absolute Gasteiger partial charge is 0.383 e. The number of halogens is 2. The fraction of sp³-hybridized carbons (Fsp3) is 0.320. The minimum Gasteiger partial charge on any atom is -0.383 e. The molecule has 2 aromatic carbocycles. The van der Waals surface area contributed by atoms with Crippen molar-refractivity contribution in [2.45, 2.75) is 12.0 Å². The predicted octanol–water partition coefficient (Wildman–Crippen LogP) is 3.47. The van der Waals surface area contributed by atoms with Crippen LogP contribution < -0.4 is 10.6 Å². The first kappa shape index (κ1) is 24.3. The van der Waals surface area contributed by atoms with Gasteiger partial charge in [-0.25, -0.2) is 13.6 Å². The molecule has 0 saturated carbocycles. The van der Waals surface area contributed by atoms with Crippen LogP contribution in [0.25, 0.3) is 11.3 Å². The van der Waals surface area contributed by atoms with E-state index in [2.05, 4.69) is 26.7 Å². The van der Waals surface area contributed by atoms with Crippen LogP contribution in [0.1, 0.15) is 17.0 Å². The molecule has 0 unspecified atom stereocenters. The van der Waals surface area contributed by atoms with Crippen LogP contribution in [0.15, 0.2) is 48.5 Å². The second kappa shape index (κ2) is 10.6. The van der Waals surface area contributed by atoms with Gasteiger partial charge in [-0.2, -0.15) is 10.4 Å². The lowest BCUT2D eigenvalue weighted by atomic mass is 9.94. The number of hydrogen-bond acceptors (Lipinski definition) is 5. The summed E-state index contributed by atoms with van der Waals surface area (Å²) < 4.78 is 34.1. The highest BCUT2D eigenvalue weighted by Crippen LogP contribution is 2.29. The third-order valence-corrected chi connectivity index (χ3v) is 6.10. The number of benzene rings is 2. The van der Waals surface area contributed by atoms with E-state index in [1.165, 1.54) is 6.07 Å². The van der Waals surface area contributed by atoms with E-state index in [0.717, 1.165) is 11.6 Å². The number of carbonyl (C=O) groups excluding carboxylic acids is 1. The molecule has 1 aliphatic heterocycles. The van der Waals surface area contributed by atoms with Gasteiger partial charge < -0.3 is 10.1 Å². The van der Waals surface area contributed by atoms with Gasteiger partial charge in [0.25, 0.3) is 0 Å². The highest BCUT2D eigenvalue weighted by Gasteiger charge is 2.35. The molecule has 2 amide bonds. The van der Waals surface area contributed by atoms with Gasteiger partial charge >= 0.3 is 6.03 Å². The predicted molar refractivity (Wildman–Crippen MR) is 127 cm³/mol. The number of amides is 2. The molecule has 0 aliphatic carbocycles. The highest BCUT2D eigenvalue weighted by molar-refractivity contribution is 5.89. The first-order valence-electron chi connectivity index (χ1n) is 11.2. The van der Waals surface area contributed by atoms with E-state index in [-0.39, 0.29) is 12.0 Å². The van der Waals surface area contributed by atoms with E-state index in [1.807, 2.05) is 6.07 Å². The number of urea groups is 1. The summed E-state index contributed by atoms with van der Waals surface area (Å²) in [6.07, 6.45) is 0. The van der Waals surface area contributed by atoms with Gasteiger partial charge in [0.1, 0.15) is 5.82 Å². The summed E-state index contributed by atoms with van der Waals surface area (Å²) in [5, 5.41) is 19.4. The molecule has 2 N–H and O–H groups in total. The van der Waals surface area contributed by atoms with E-state index in [9.17, 15) is 13.6 Å². The maximum Gasteiger partial charge on any atom is 0.320 e. The average Bonchev–Trinajstić information content (AvgIpc) is 3.42. The van der Waals surface area contributed by atoms with E-state index in [0.29, 0.717) is 48.9 Å². The van der Waals surface area contributed by atoms with Gasteiger partial charge in [-0.05, 0) is 29.8 Å². The van der Waals surface area contributed by atoms with Crippen molar-refractivity contribution >= 4 is 11.8 Å². The van der Waals surface area contributed by atoms with E-state index >= 15 is 0 Å². The molecule has 0 spiro atoms. The summed E-state index contributed by atoms with van der Waals surface area (Å²) in [7, 11) is 3.32. The van der Waals surface area contributed by atoms with Gasteiger partial charge in [0.05, 0.1) is 30.0 Å². The Balaban J connectivity index is 1.48. The second-order valence-corrected chi connectivity index (χ2v) is 8.47. The number of nitrogens with zero attached hydrogens (tertiary/aromatic N) is 4. The molecule has 1 saturated heterocycles. The normalized spacial score (nSPS) is 17.8. The molecule has 4 rings (SSSR count). The SMILES string of the molecule is COCCN1C[C@@H](NC(=O)Nc2cc(-c3cccc(C#N)c3)nn2C)[C@H](c2ccc(F)c(F)c2)C1. The summed E-state index contributed by atoms with van der Waals surface area (Å²) in [4.78, 5) is 15.0. The first-order chi connectivity index (χ1) is 16.9. The number of hydrogen-bond donors (Lipinski definition) is 2. The molecule has 0 radical (unpaired) electrons. The Morgan fingerprint density at radius 1 is 1.20 bits per heavy atom. The van der Waals surface area contributed by atoms with E-state index in [4.69, 9.17) is 10.00 Å². The lowest BCUT2D eigenvalue weighted by Crippen LogP contribution is -2.42. The van der Waals surface area contributed by atoms with Gasteiger partial charge in [0, 0.05) is 51.3 Å². The summed E-state index contributed by atoms with van der Waals surface area (Å²) in [6, 6.07) is 14.0. The fourth-order valence-corrected chi connectivity index (χ4v) is 4.31. The van der Waals surface area contributed by atoms with Gasteiger partial charge in [-0.15, -0.1) is 0 Å². The number of aryl methyl sites for hydroxylation is 1. The Labute approximate surface area is 202 Å². The van der Waals surface area contributed by atoms with Crippen molar-refractivity contribution in [1.82, 2.24) is 20.0 Å². The number of methoxy groups -OCH3 is 1. The van der Waals surface area contributed by atoms with Crippen LogP contribution in [-0.4, -0.2) is 60.1 Å². The zero-order valence-corrected chi connectivity index (χ0v) is 19.5. The van der Waals surface area contributed by atoms with Gasteiger partial charge in [-0.1, -0.05) is 18.2 Å². The van der Waals surface area contributed by atoms with Crippen LogP contribution >= 0.6 is 0 Å². The maximum atomic E-state index is 13.9. The smallest absolute Gasteiger partial charge is 0.320 e. The molecular weight excluding hydrogens is 454 g/mol. The van der Waals surface area contributed by atoms with Crippen LogP contribution in [0.3, 0.4) is 0 Å². The molecule has 1 fully saturated rings. The molecule has 1 aromatic heterocycles. The zero-order valence-electron chi connectivity index (χ0n) is 19.5. The Bertz CT molecular complexity index is 1250. The minimum atomic E-state index is -0.913. The number of aromatic nitrogens is 2. The van der Waals surface area contributed by atoms with Crippen LogP contribution in [0.5, 0.6) is 0 Å². The third kappa shape index (κ3) is 5.65. The standard InChI is InChI=1S/C25H26F2N6O2/c1-32-24(12-22(31-32)18-5-3-4-16(10-18)13-28)30-25(34)29-23-15-33(8-9-35-2)14-19(23)17-6-7-20(26)21(27)11-17/h3-7,10-12,19,23H,8-9,14-15H2,1-2H3,(H2,29,30,34)/t19-,23+/m0/s1. The molecule has 8 nitrogen and oxygen atoms in total. The Morgan fingerprint density at radius 3 is 2.77 bits per heavy atom. The Morgan fingerprint density at radius 2 is 2.03 bits per heavy atom. The minimum absolute atomic E-state index is 0.219. The van der Waals surface area contributed by atoms with E-state index in [1.54, 1.807) is 49.2 Å². The topological polar surface area (TPSA) is 95.2 Å². The highest BCUT2D eigenvalue weighted by atomic mass is 19.2. The van der Waals surface area contributed by atoms with Gasteiger partial charge in [0.15, 0.2) is 11.6 Å². The van der Waals surface area contributed by atoms with Crippen molar-refractivity contribution in [1.29, 1.82) is 5.26 Å². The van der Waals surface area contributed by atoms with Crippen molar-refractivity contribution in [2.24, 2.45) is 7.05 Å². The summed E-state index contributed by atoms with van der Waals surface area (Å²) in [6.45, 7) is 2.29. The number of carbonyl (C=O) groups is 1. The molecule has 2 heterocycles. The number of nitrogens with one attached hydrogen (secondary N) is 2. The second-order valence-electron chi connectivity index (χ2n) is 8.47. The third-order valence-electron chi connectivity index (χ3n) is 6.10. The first-order valence-corrected chi connectivity index (χ1v) is 11.2. The zero-order chi connectivity index (χ0) is 24.9. The molecule has 0 bridgehead atoms.